The van der Waals surface area contributed by atoms with E-state index in [4.69, 9.17) is 14.2 Å². The van der Waals surface area contributed by atoms with Crippen LogP contribution in [0.25, 0.3) is 0 Å². The van der Waals surface area contributed by atoms with E-state index in [-0.39, 0.29) is 17.4 Å². The van der Waals surface area contributed by atoms with Crippen molar-refractivity contribution in [2.24, 2.45) is 0 Å². The highest BCUT2D eigenvalue weighted by Crippen LogP contribution is 2.32. The third kappa shape index (κ3) is 4.99. The normalized spacial score (nSPS) is 17.0. The molecule has 9 heteroatoms. The lowest BCUT2D eigenvalue weighted by Gasteiger charge is -2.34. The maximum absolute atomic E-state index is 12.6. The van der Waals surface area contributed by atoms with E-state index >= 15 is 0 Å². The molecule has 1 amide bonds. The number of rotatable bonds is 6. The second-order valence-electron chi connectivity index (χ2n) is 5.67. The summed E-state index contributed by atoms with van der Waals surface area (Å²) in [6.45, 7) is -0.165. The van der Waals surface area contributed by atoms with E-state index in [2.05, 4.69) is 10.6 Å². The van der Waals surface area contributed by atoms with Crippen LogP contribution in [-0.2, 0) is 9.53 Å². The zero-order valence-corrected chi connectivity index (χ0v) is 14.0. The predicted molar refractivity (Wildman–Crippen MR) is 85.0 cm³/mol. The van der Waals surface area contributed by atoms with E-state index in [1.54, 1.807) is 0 Å². The number of anilines is 1. The number of piperidine rings is 1. The molecule has 1 fully saturated rings. The average molecular weight is 362 g/mol. The van der Waals surface area contributed by atoms with Crippen LogP contribution in [0.5, 0.6) is 11.5 Å². The minimum absolute atomic E-state index is 0.102. The summed E-state index contributed by atoms with van der Waals surface area (Å²) < 4.78 is 52.3. The molecule has 140 valence electrons. The summed E-state index contributed by atoms with van der Waals surface area (Å²) >= 11 is 0. The van der Waals surface area contributed by atoms with E-state index in [1.165, 1.54) is 32.4 Å². The van der Waals surface area contributed by atoms with Crippen molar-refractivity contribution < 1.29 is 32.2 Å². The number of methoxy groups -OCH3 is 2. The highest BCUT2D eigenvalue weighted by molar-refractivity contribution is 5.97. The second-order valence-corrected chi connectivity index (χ2v) is 5.67. The molecule has 0 bridgehead atoms. The summed E-state index contributed by atoms with van der Waals surface area (Å²) in [4.78, 5) is 12.6. The SMILES string of the molecule is COc1ccc(NC(=O)C2(OC)CCNCC2)cc1OCC(F)(F)F. The molecule has 0 atom stereocenters. The number of amides is 1. The number of benzene rings is 1. The number of hydrogen-bond donors (Lipinski definition) is 2. The Labute approximate surface area is 143 Å². The number of carbonyl (C=O) groups excluding carboxylic acids is 1. The monoisotopic (exact) mass is 362 g/mol. The number of halogens is 3. The van der Waals surface area contributed by atoms with Gasteiger partial charge in [0.2, 0.25) is 0 Å². The zero-order chi connectivity index (χ0) is 18.5. The zero-order valence-electron chi connectivity index (χ0n) is 14.0. The second kappa shape index (κ2) is 7.92. The van der Waals surface area contributed by atoms with E-state index in [1.807, 2.05) is 0 Å². The lowest BCUT2D eigenvalue weighted by atomic mass is 9.91. The van der Waals surface area contributed by atoms with Crippen molar-refractivity contribution in [3.05, 3.63) is 18.2 Å². The van der Waals surface area contributed by atoms with Gasteiger partial charge in [-0.25, -0.2) is 0 Å². The van der Waals surface area contributed by atoms with E-state index in [9.17, 15) is 18.0 Å². The lowest BCUT2D eigenvalue weighted by molar-refractivity contribution is -0.153. The molecular formula is C16H21F3N2O4. The van der Waals surface area contributed by atoms with Gasteiger partial charge in [-0.1, -0.05) is 0 Å². The van der Waals surface area contributed by atoms with Crippen molar-refractivity contribution in [2.45, 2.75) is 24.6 Å². The molecule has 0 aliphatic carbocycles. The molecule has 0 unspecified atom stereocenters. The average Bonchev–Trinajstić information content (AvgIpc) is 2.60. The Morgan fingerprint density at radius 3 is 2.48 bits per heavy atom. The number of alkyl halides is 3. The molecule has 6 nitrogen and oxygen atoms in total. The van der Waals surface area contributed by atoms with Gasteiger partial charge in [-0.2, -0.15) is 13.2 Å². The van der Waals surface area contributed by atoms with Crippen molar-refractivity contribution in [1.82, 2.24) is 5.32 Å². The van der Waals surface area contributed by atoms with Gasteiger partial charge in [0.05, 0.1) is 7.11 Å². The fourth-order valence-electron chi connectivity index (χ4n) is 2.63. The van der Waals surface area contributed by atoms with Gasteiger partial charge >= 0.3 is 6.18 Å². The third-order valence-corrected chi connectivity index (χ3v) is 4.03. The van der Waals surface area contributed by atoms with Crippen LogP contribution in [-0.4, -0.2) is 51.6 Å². The quantitative estimate of drug-likeness (QED) is 0.813. The molecule has 1 aliphatic rings. The van der Waals surface area contributed by atoms with E-state index in [0.29, 0.717) is 31.6 Å². The fraction of sp³-hybridized carbons (Fsp3) is 0.562. The Morgan fingerprint density at radius 1 is 1.24 bits per heavy atom. The maximum atomic E-state index is 12.6. The van der Waals surface area contributed by atoms with Gasteiger partial charge < -0.3 is 24.8 Å². The Hall–Kier alpha value is -2.00. The van der Waals surface area contributed by atoms with Gasteiger partial charge in [0.1, 0.15) is 5.60 Å². The molecule has 25 heavy (non-hydrogen) atoms. The van der Waals surface area contributed by atoms with Crippen LogP contribution in [0.2, 0.25) is 0 Å². The summed E-state index contributed by atoms with van der Waals surface area (Å²) in [5.74, 6) is -0.302. The Morgan fingerprint density at radius 2 is 1.92 bits per heavy atom. The van der Waals surface area contributed by atoms with Crippen molar-refractivity contribution in [3.63, 3.8) is 0 Å². The minimum Gasteiger partial charge on any atom is -0.493 e. The Balaban J connectivity index is 2.14. The fourth-order valence-corrected chi connectivity index (χ4v) is 2.63. The molecule has 1 heterocycles. The smallest absolute Gasteiger partial charge is 0.422 e. The van der Waals surface area contributed by atoms with Crippen LogP contribution >= 0.6 is 0 Å². The topological polar surface area (TPSA) is 68.8 Å². The molecule has 0 saturated carbocycles. The van der Waals surface area contributed by atoms with Crippen LogP contribution in [0.15, 0.2) is 18.2 Å². The molecule has 0 spiro atoms. The van der Waals surface area contributed by atoms with Crippen LogP contribution < -0.4 is 20.1 Å². The van der Waals surface area contributed by atoms with Crippen molar-refractivity contribution in [2.75, 3.05) is 39.2 Å². The Bertz CT molecular complexity index is 602. The molecule has 1 saturated heterocycles. The summed E-state index contributed by atoms with van der Waals surface area (Å²) in [5.41, 5.74) is -0.657. The summed E-state index contributed by atoms with van der Waals surface area (Å²) in [5, 5.41) is 5.83. The van der Waals surface area contributed by atoms with Crippen molar-refractivity contribution in [1.29, 1.82) is 0 Å². The summed E-state index contributed by atoms with van der Waals surface area (Å²) in [6, 6.07) is 4.26. The van der Waals surface area contributed by atoms with E-state index < -0.39 is 18.4 Å². The number of hydrogen-bond acceptors (Lipinski definition) is 5. The first kappa shape index (κ1) is 19.3. The molecular weight excluding hydrogens is 341 g/mol. The van der Waals surface area contributed by atoms with Gasteiger partial charge in [-0.05, 0) is 38.1 Å². The van der Waals surface area contributed by atoms with Gasteiger partial charge in [0.25, 0.3) is 5.91 Å². The predicted octanol–water partition coefficient (Wildman–Crippen LogP) is 2.34. The highest BCUT2D eigenvalue weighted by atomic mass is 19.4. The van der Waals surface area contributed by atoms with Crippen LogP contribution in [0.1, 0.15) is 12.8 Å². The van der Waals surface area contributed by atoms with Crippen LogP contribution in [0.3, 0.4) is 0 Å². The van der Waals surface area contributed by atoms with Crippen molar-refractivity contribution in [3.8, 4) is 11.5 Å². The molecule has 1 aromatic carbocycles. The molecule has 0 aromatic heterocycles. The summed E-state index contributed by atoms with van der Waals surface area (Å²) in [6.07, 6.45) is -3.47. The number of ether oxygens (including phenoxy) is 3. The molecule has 2 rings (SSSR count). The van der Waals surface area contributed by atoms with Gasteiger partial charge in [0.15, 0.2) is 18.1 Å². The highest BCUT2D eigenvalue weighted by Gasteiger charge is 2.39. The number of carbonyl (C=O) groups is 1. The standard InChI is InChI=1S/C16H21F3N2O4/c1-23-12-4-3-11(9-13(12)25-10-16(17,18)19)21-14(22)15(24-2)5-7-20-8-6-15/h3-4,9,20H,5-8,10H2,1-2H3,(H,21,22). The number of nitrogens with one attached hydrogen (secondary N) is 2. The first-order valence-corrected chi connectivity index (χ1v) is 7.74. The van der Waals surface area contributed by atoms with Gasteiger partial charge in [-0.3, -0.25) is 4.79 Å². The minimum atomic E-state index is -4.47. The molecule has 2 N–H and O–H groups in total. The first-order chi connectivity index (χ1) is 11.8. The lowest BCUT2D eigenvalue weighted by Crippen LogP contribution is -2.51. The maximum Gasteiger partial charge on any atom is 0.422 e. The summed E-state index contributed by atoms with van der Waals surface area (Å²) in [7, 11) is 2.79. The molecule has 1 aliphatic heterocycles. The van der Waals surface area contributed by atoms with Crippen LogP contribution in [0.4, 0.5) is 18.9 Å². The Kier molecular flexibility index (Phi) is 6.12. The van der Waals surface area contributed by atoms with E-state index in [0.717, 1.165) is 0 Å². The van der Waals surface area contributed by atoms with Gasteiger partial charge in [-0.15, -0.1) is 0 Å². The molecule has 0 radical (unpaired) electrons. The van der Waals surface area contributed by atoms with Gasteiger partial charge in [0, 0.05) is 18.9 Å². The van der Waals surface area contributed by atoms with Crippen LogP contribution in [0, 0.1) is 0 Å². The third-order valence-electron chi connectivity index (χ3n) is 4.03. The molecule has 1 aromatic rings. The van der Waals surface area contributed by atoms with Crippen molar-refractivity contribution >= 4 is 11.6 Å². The first-order valence-electron chi connectivity index (χ1n) is 7.74. The largest absolute Gasteiger partial charge is 0.493 e.